The molecule has 0 saturated carbocycles. The highest BCUT2D eigenvalue weighted by molar-refractivity contribution is 4.79. The lowest BCUT2D eigenvalue weighted by Crippen LogP contribution is -2.13. The van der Waals surface area contributed by atoms with Gasteiger partial charge in [-0.3, -0.25) is 0 Å². The summed E-state index contributed by atoms with van der Waals surface area (Å²) < 4.78 is 0. The van der Waals surface area contributed by atoms with Crippen molar-refractivity contribution in [3.05, 3.63) is 12.2 Å². The first-order valence-corrected chi connectivity index (χ1v) is 6.32. The van der Waals surface area contributed by atoms with Crippen LogP contribution in [0, 0.1) is 0 Å². The predicted molar refractivity (Wildman–Crippen MR) is 66.2 cm³/mol. The minimum absolute atomic E-state index is 0.805. The van der Waals surface area contributed by atoms with E-state index in [1.54, 1.807) is 7.05 Å². The average molecular weight is 213 g/mol. The molecule has 0 rings (SSSR count). The topological polar surface area (TPSA) is 23.5 Å². The molecule has 15 heavy (non-hydrogen) atoms. The summed E-state index contributed by atoms with van der Waals surface area (Å²) in [7, 11) is 1.71. The van der Waals surface area contributed by atoms with Gasteiger partial charge in [-0.1, -0.05) is 44.8 Å². The van der Waals surface area contributed by atoms with Crippen LogP contribution in [0.1, 0.15) is 58.3 Å². The first-order chi connectivity index (χ1) is 7.27. The monoisotopic (exact) mass is 213 g/mol. The van der Waals surface area contributed by atoms with Crippen LogP contribution in [-0.2, 0) is 0 Å². The summed E-state index contributed by atoms with van der Waals surface area (Å²) in [6.07, 6.45) is 14.6. The van der Waals surface area contributed by atoms with Crippen molar-refractivity contribution >= 4 is 0 Å². The largest absolute Gasteiger partial charge is 0.314 e. The van der Waals surface area contributed by atoms with Gasteiger partial charge < -0.3 is 5.21 Å². The molecule has 0 bridgehead atoms. The maximum absolute atomic E-state index is 8.90. The molecular formula is C13H27NO. The van der Waals surface area contributed by atoms with E-state index in [4.69, 9.17) is 5.21 Å². The molecule has 0 radical (unpaired) electrons. The van der Waals surface area contributed by atoms with E-state index >= 15 is 0 Å². The summed E-state index contributed by atoms with van der Waals surface area (Å²) in [5.74, 6) is 0. The Morgan fingerprint density at radius 3 is 2.13 bits per heavy atom. The summed E-state index contributed by atoms with van der Waals surface area (Å²) in [5.41, 5.74) is 0. The van der Waals surface area contributed by atoms with Gasteiger partial charge in [0.05, 0.1) is 0 Å². The summed E-state index contributed by atoms with van der Waals surface area (Å²) in [6.45, 7) is 2.98. The first-order valence-electron chi connectivity index (χ1n) is 6.32. The minimum Gasteiger partial charge on any atom is -0.314 e. The highest BCUT2D eigenvalue weighted by Crippen LogP contribution is 2.07. The molecule has 0 saturated heterocycles. The molecule has 0 heterocycles. The number of hydrogen-bond donors (Lipinski definition) is 1. The molecule has 1 N–H and O–H groups in total. The van der Waals surface area contributed by atoms with Crippen LogP contribution in [-0.4, -0.2) is 23.9 Å². The molecule has 0 fully saturated rings. The third-order valence-electron chi connectivity index (χ3n) is 2.50. The Morgan fingerprint density at radius 2 is 1.53 bits per heavy atom. The molecule has 0 aromatic heterocycles. The van der Waals surface area contributed by atoms with E-state index in [1.165, 1.54) is 43.6 Å². The quantitative estimate of drug-likeness (QED) is 0.337. The molecule has 90 valence electrons. The Balaban J connectivity index is 2.96. The number of hydroxylamine groups is 2. The van der Waals surface area contributed by atoms with Gasteiger partial charge in [0.1, 0.15) is 0 Å². The van der Waals surface area contributed by atoms with E-state index in [0.717, 1.165) is 19.4 Å². The lowest BCUT2D eigenvalue weighted by molar-refractivity contribution is -0.0655. The highest BCUT2D eigenvalue weighted by Gasteiger charge is 1.93. The van der Waals surface area contributed by atoms with Gasteiger partial charge in [-0.15, -0.1) is 0 Å². The highest BCUT2D eigenvalue weighted by atomic mass is 16.5. The minimum atomic E-state index is 0.805. The molecule has 0 unspecified atom stereocenters. The smallest absolute Gasteiger partial charge is 0.0235 e. The molecule has 2 nitrogen and oxygen atoms in total. The summed E-state index contributed by atoms with van der Waals surface area (Å²) in [6, 6.07) is 0. The van der Waals surface area contributed by atoms with Crippen molar-refractivity contribution in [1.29, 1.82) is 0 Å². The van der Waals surface area contributed by atoms with Crippen LogP contribution < -0.4 is 0 Å². The van der Waals surface area contributed by atoms with Crippen LogP contribution in [0.2, 0.25) is 0 Å². The third-order valence-corrected chi connectivity index (χ3v) is 2.50. The molecule has 0 aromatic rings. The van der Waals surface area contributed by atoms with Crippen LogP contribution in [0.15, 0.2) is 12.2 Å². The van der Waals surface area contributed by atoms with Gasteiger partial charge >= 0.3 is 0 Å². The standard InChI is InChI=1S/C13H27NO/c1-3-4-5-6-7-8-9-10-11-12-13-14(2)15/h4-5,15H,3,6-13H2,1-2H3/b5-4+. The molecule has 0 atom stereocenters. The van der Waals surface area contributed by atoms with Crippen LogP contribution in [0.3, 0.4) is 0 Å². The number of nitrogens with zero attached hydrogens (tertiary/aromatic N) is 1. The Labute approximate surface area is 94.9 Å². The van der Waals surface area contributed by atoms with E-state index in [1.807, 2.05) is 0 Å². The molecule has 0 spiro atoms. The second kappa shape index (κ2) is 11.7. The van der Waals surface area contributed by atoms with Crippen LogP contribution in [0.25, 0.3) is 0 Å². The zero-order chi connectivity index (χ0) is 11.4. The normalized spacial score (nSPS) is 11.7. The third kappa shape index (κ3) is 13.7. The zero-order valence-corrected chi connectivity index (χ0v) is 10.4. The predicted octanol–water partition coefficient (Wildman–Crippen LogP) is 4.00. The summed E-state index contributed by atoms with van der Waals surface area (Å²) in [4.78, 5) is 0. The molecule has 0 aliphatic rings. The van der Waals surface area contributed by atoms with E-state index in [-0.39, 0.29) is 0 Å². The molecule has 0 aliphatic carbocycles. The van der Waals surface area contributed by atoms with E-state index in [9.17, 15) is 0 Å². The first kappa shape index (κ1) is 14.7. The Morgan fingerprint density at radius 1 is 0.933 bits per heavy atom. The second-order valence-electron chi connectivity index (χ2n) is 4.17. The van der Waals surface area contributed by atoms with Gasteiger partial charge in [0.25, 0.3) is 0 Å². The molecule has 0 aromatic carbocycles. The van der Waals surface area contributed by atoms with Gasteiger partial charge in [0.2, 0.25) is 0 Å². The lowest BCUT2D eigenvalue weighted by Gasteiger charge is -2.06. The molecule has 2 heteroatoms. The number of rotatable bonds is 10. The fraction of sp³-hybridized carbons (Fsp3) is 0.846. The van der Waals surface area contributed by atoms with Gasteiger partial charge in [0, 0.05) is 13.6 Å². The van der Waals surface area contributed by atoms with Crippen molar-refractivity contribution in [3.8, 4) is 0 Å². The lowest BCUT2D eigenvalue weighted by atomic mass is 10.1. The van der Waals surface area contributed by atoms with E-state index in [0.29, 0.717) is 0 Å². The summed E-state index contributed by atoms with van der Waals surface area (Å²) >= 11 is 0. The van der Waals surface area contributed by atoms with Crippen LogP contribution in [0.4, 0.5) is 0 Å². The van der Waals surface area contributed by atoms with Gasteiger partial charge in [0.15, 0.2) is 0 Å². The zero-order valence-electron chi connectivity index (χ0n) is 10.4. The van der Waals surface area contributed by atoms with E-state index in [2.05, 4.69) is 19.1 Å². The van der Waals surface area contributed by atoms with Crippen molar-refractivity contribution in [2.24, 2.45) is 0 Å². The molecular weight excluding hydrogens is 186 g/mol. The second-order valence-corrected chi connectivity index (χ2v) is 4.17. The Bertz CT molecular complexity index is 143. The van der Waals surface area contributed by atoms with Crippen molar-refractivity contribution in [2.45, 2.75) is 58.3 Å². The maximum Gasteiger partial charge on any atom is 0.0235 e. The average Bonchev–Trinajstić information content (AvgIpc) is 2.20. The summed E-state index contributed by atoms with van der Waals surface area (Å²) in [5, 5.41) is 10.2. The SMILES string of the molecule is CC/C=C/CCCCCCCCN(C)O. The fourth-order valence-electron chi connectivity index (χ4n) is 1.59. The van der Waals surface area contributed by atoms with Gasteiger partial charge in [-0.05, 0) is 25.7 Å². The van der Waals surface area contributed by atoms with Gasteiger partial charge in [-0.25, -0.2) is 0 Å². The Hall–Kier alpha value is -0.340. The van der Waals surface area contributed by atoms with Gasteiger partial charge in [-0.2, -0.15) is 5.06 Å². The molecule has 0 amide bonds. The van der Waals surface area contributed by atoms with E-state index < -0.39 is 0 Å². The van der Waals surface area contributed by atoms with Crippen molar-refractivity contribution in [3.63, 3.8) is 0 Å². The number of allylic oxidation sites excluding steroid dienone is 2. The molecule has 0 aliphatic heterocycles. The fourth-order valence-corrected chi connectivity index (χ4v) is 1.59. The van der Waals surface area contributed by atoms with Crippen molar-refractivity contribution in [1.82, 2.24) is 5.06 Å². The van der Waals surface area contributed by atoms with Crippen LogP contribution in [0.5, 0.6) is 0 Å². The van der Waals surface area contributed by atoms with Crippen molar-refractivity contribution < 1.29 is 5.21 Å². The number of hydrogen-bond acceptors (Lipinski definition) is 2. The number of unbranched alkanes of at least 4 members (excludes halogenated alkanes) is 6. The maximum atomic E-state index is 8.90. The van der Waals surface area contributed by atoms with Crippen molar-refractivity contribution in [2.75, 3.05) is 13.6 Å². The Kier molecular flexibility index (Phi) is 11.5. The van der Waals surface area contributed by atoms with Crippen LogP contribution >= 0.6 is 0 Å².